The van der Waals surface area contributed by atoms with Gasteiger partial charge in [-0.15, -0.1) is 0 Å². The maximum atomic E-state index is 13.0. The van der Waals surface area contributed by atoms with Crippen molar-refractivity contribution >= 4 is 11.8 Å². The molecular weight excluding hydrogens is 480 g/mol. The van der Waals surface area contributed by atoms with E-state index in [-0.39, 0.29) is 51.9 Å². The van der Waals surface area contributed by atoms with Crippen molar-refractivity contribution in [1.82, 2.24) is 0 Å². The lowest BCUT2D eigenvalue weighted by atomic mass is 9.38. The van der Waals surface area contributed by atoms with Gasteiger partial charge in [0.1, 0.15) is 12.2 Å². The first kappa shape index (κ1) is 28.0. The Morgan fingerprint density at radius 2 is 1.82 bits per heavy atom. The molecule has 38 heavy (non-hydrogen) atoms. The van der Waals surface area contributed by atoms with Gasteiger partial charge >= 0.3 is 5.97 Å². The van der Waals surface area contributed by atoms with E-state index in [4.69, 9.17) is 9.47 Å². The van der Waals surface area contributed by atoms with Crippen LogP contribution in [0.5, 0.6) is 0 Å². The highest BCUT2D eigenvalue weighted by Gasteiger charge is 2.68. The van der Waals surface area contributed by atoms with Gasteiger partial charge in [-0.2, -0.15) is 0 Å². The predicted octanol–water partition coefficient (Wildman–Crippen LogP) is 5.02. The fourth-order valence-electron chi connectivity index (χ4n) is 10.2. The molecule has 0 spiro atoms. The number of hydrogen-bond donors (Lipinski definition) is 2. The molecule has 3 fully saturated rings. The molecule has 10 atom stereocenters. The minimum atomic E-state index is -1.09. The lowest BCUT2D eigenvalue weighted by Gasteiger charge is -2.66. The molecule has 0 bridgehead atoms. The SMILES string of the molecule is CC(=O)O[C@@H]1CC2C(C)(C)C(=O)C=C[C@]2(C)C2CC[C@]3(C)C(=CC[C@H]3C3CO[C@@H](C(C)(C)O)[C@H](O)C3)[C@@]21C. The summed E-state index contributed by atoms with van der Waals surface area (Å²) in [6.07, 6.45) is 9.02. The third-order valence-electron chi connectivity index (χ3n) is 11.9. The fraction of sp³-hybridized carbons (Fsp3) is 0.812. The Labute approximate surface area is 228 Å². The average molecular weight is 529 g/mol. The van der Waals surface area contributed by atoms with Crippen LogP contribution in [-0.4, -0.2) is 52.5 Å². The van der Waals surface area contributed by atoms with E-state index in [0.717, 1.165) is 19.3 Å². The molecule has 0 radical (unpaired) electrons. The minimum absolute atomic E-state index is 0.0914. The number of esters is 1. The number of aliphatic hydroxyl groups is 2. The van der Waals surface area contributed by atoms with Crippen LogP contribution in [-0.2, 0) is 19.1 Å². The lowest BCUT2D eigenvalue weighted by Crippen LogP contribution is -2.64. The number of aliphatic hydroxyl groups excluding tert-OH is 1. The molecular formula is C32H48O6. The number of ketones is 1. The van der Waals surface area contributed by atoms with Gasteiger partial charge in [-0.05, 0) is 86.5 Å². The van der Waals surface area contributed by atoms with Gasteiger partial charge in [0.15, 0.2) is 5.78 Å². The Balaban J connectivity index is 1.51. The molecule has 1 heterocycles. The largest absolute Gasteiger partial charge is 0.462 e. The van der Waals surface area contributed by atoms with E-state index in [2.05, 4.69) is 46.8 Å². The van der Waals surface area contributed by atoms with Crippen molar-refractivity contribution in [3.05, 3.63) is 23.8 Å². The van der Waals surface area contributed by atoms with Crippen molar-refractivity contribution in [2.24, 2.45) is 45.3 Å². The van der Waals surface area contributed by atoms with Crippen molar-refractivity contribution in [1.29, 1.82) is 0 Å². The Bertz CT molecular complexity index is 1070. The monoisotopic (exact) mass is 528 g/mol. The van der Waals surface area contributed by atoms with Crippen molar-refractivity contribution in [2.45, 2.75) is 111 Å². The van der Waals surface area contributed by atoms with Crippen molar-refractivity contribution in [2.75, 3.05) is 6.61 Å². The van der Waals surface area contributed by atoms with Crippen LogP contribution in [0.2, 0.25) is 0 Å². The summed E-state index contributed by atoms with van der Waals surface area (Å²) in [5, 5.41) is 21.4. The fourth-order valence-corrected chi connectivity index (χ4v) is 10.2. The highest BCUT2D eigenvalue weighted by Crippen LogP contribution is 2.72. The van der Waals surface area contributed by atoms with Crippen LogP contribution in [0, 0.1) is 45.3 Å². The third-order valence-corrected chi connectivity index (χ3v) is 11.9. The summed E-state index contributed by atoms with van der Waals surface area (Å²) in [5.74, 6) is 0.734. The van der Waals surface area contributed by atoms with E-state index in [1.807, 2.05) is 6.08 Å². The number of hydrogen-bond acceptors (Lipinski definition) is 6. The van der Waals surface area contributed by atoms with Crippen molar-refractivity contribution in [3.8, 4) is 0 Å². The number of fused-ring (bicyclic) bond motifs is 5. The summed E-state index contributed by atoms with van der Waals surface area (Å²) in [5.41, 5.74) is -0.822. The maximum absolute atomic E-state index is 13.0. The molecule has 5 aliphatic rings. The van der Waals surface area contributed by atoms with Crippen LogP contribution < -0.4 is 0 Å². The Morgan fingerprint density at radius 3 is 2.42 bits per heavy atom. The van der Waals surface area contributed by atoms with E-state index in [0.29, 0.717) is 25.4 Å². The molecule has 0 aromatic carbocycles. The van der Waals surface area contributed by atoms with Crippen molar-refractivity contribution in [3.63, 3.8) is 0 Å². The molecule has 0 amide bonds. The molecule has 5 rings (SSSR count). The van der Waals surface area contributed by atoms with Gasteiger partial charge in [0.2, 0.25) is 0 Å². The molecule has 212 valence electrons. The van der Waals surface area contributed by atoms with Gasteiger partial charge in [-0.3, -0.25) is 9.59 Å². The number of ether oxygens (including phenoxy) is 2. The highest BCUT2D eigenvalue weighted by atomic mass is 16.5. The second-order valence-electron chi connectivity index (χ2n) is 14.9. The minimum Gasteiger partial charge on any atom is -0.462 e. The quantitative estimate of drug-likeness (QED) is 0.395. The Kier molecular flexibility index (Phi) is 6.46. The molecule has 0 aromatic rings. The third kappa shape index (κ3) is 3.83. The molecule has 0 aromatic heterocycles. The molecule has 1 saturated heterocycles. The summed E-state index contributed by atoms with van der Waals surface area (Å²) in [6.45, 7) is 16.5. The van der Waals surface area contributed by atoms with E-state index in [1.54, 1.807) is 13.8 Å². The van der Waals surface area contributed by atoms with Crippen LogP contribution in [0.3, 0.4) is 0 Å². The van der Waals surface area contributed by atoms with E-state index in [1.165, 1.54) is 12.5 Å². The average Bonchev–Trinajstić information content (AvgIpc) is 3.15. The highest BCUT2D eigenvalue weighted by molar-refractivity contribution is 5.95. The van der Waals surface area contributed by atoms with Crippen LogP contribution in [0.25, 0.3) is 0 Å². The summed E-state index contributed by atoms with van der Waals surface area (Å²) >= 11 is 0. The zero-order valence-electron chi connectivity index (χ0n) is 24.5. The van der Waals surface area contributed by atoms with Crippen molar-refractivity contribution < 1.29 is 29.3 Å². The number of carbonyl (C=O) groups excluding carboxylic acids is 2. The first-order valence-electron chi connectivity index (χ1n) is 14.6. The van der Waals surface area contributed by atoms with E-state index >= 15 is 0 Å². The molecule has 6 nitrogen and oxygen atoms in total. The van der Waals surface area contributed by atoms with Crippen LogP contribution in [0.1, 0.15) is 87.5 Å². The zero-order chi connectivity index (χ0) is 28.1. The Hall–Kier alpha value is -1.50. The molecule has 1 aliphatic heterocycles. The van der Waals surface area contributed by atoms with Crippen LogP contribution >= 0.6 is 0 Å². The van der Waals surface area contributed by atoms with Gasteiger partial charge < -0.3 is 19.7 Å². The number of rotatable bonds is 3. The molecule has 2 N–H and O–H groups in total. The lowest BCUT2D eigenvalue weighted by molar-refractivity contribution is -0.196. The smallest absolute Gasteiger partial charge is 0.302 e. The maximum Gasteiger partial charge on any atom is 0.302 e. The molecule has 2 saturated carbocycles. The van der Waals surface area contributed by atoms with Crippen LogP contribution in [0.4, 0.5) is 0 Å². The molecule has 3 unspecified atom stereocenters. The molecule has 4 aliphatic carbocycles. The van der Waals surface area contributed by atoms with Gasteiger partial charge in [0, 0.05) is 17.8 Å². The number of carbonyl (C=O) groups is 2. The Morgan fingerprint density at radius 1 is 1.13 bits per heavy atom. The standard InChI is InChI=1S/C32H48O6/c1-18(33)38-26-16-24-28(2,3)25(35)12-14-31(24,7)23-11-13-30(6)20(9-10-22(30)32(23,26)8)19-15-21(34)27(37-17-19)29(4,5)36/h10,12,14,19-21,23-24,26-27,34,36H,9,11,13,15-17H2,1-8H3/t19?,20-,21+,23?,24?,26+,27+,30-,31+,32-/m0/s1. The zero-order valence-corrected chi connectivity index (χ0v) is 24.5. The molecule has 6 heteroatoms. The normalized spacial score (nSPS) is 48.0. The van der Waals surface area contributed by atoms with Gasteiger partial charge in [0.05, 0.1) is 18.3 Å². The first-order chi connectivity index (χ1) is 17.5. The van der Waals surface area contributed by atoms with E-state index in [9.17, 15) is 19.8 Å². The van der Waals surface area contributed by atoms with E-state index < -0.39 is 23.2 Å². The summed E-state index contributed by atoms with van der Waals surface area (Å²) in [6, 6.07) is 0. The van der Waals surface area contributed by atoms with Gasteiger partial charge in [-0.1, -0.05) is 52.3 Å². The number of allylic oxidation sites excluding steroid dienone is 3. The topological polar surface area (TPSA) is 93.1 Å². The van der Waals surface area contributed by atoms with Crippen LogP contribution in [0.15, 0.2) is 23.8 Å². The first-order valence-corrected chi connectivity index (χ1v) is 14.6. The summed E-state index contributed by atoms with van der Waals surface area (Å²) in [4.78, 5) is 25.4. The second kappa shape index (κ2) is 8.75. The van der Waals surface area contributed by atoms with Gasteiger partial charge in [0.25, 0.3) is 0 Å². The summed E-state index contributed by atoms with van der Waals surface area (Å²) < 4.78 is 12.3. The van der Waals surface area contributed by atoms with Gasteiger partial charge in [-0.25, -0.2) is 0 Å². The second-order valence-corrected chi connectivity index (χ2v) is 14.9. The summed E-state index contributed by atoms with van der Waals surface area (Å²) in [7, 11) is 0. The predicted molar refractivity (Wildman–Crippen MR) is 145 cm³/mol.